The Labute approximate surface area is 192 Å². The number of carbonyl (C=O) groups is 1. The van der Waals surface area contributed by atoms with Crippen LogP contribution in [0.25, 0.3) is 5.78 Å². The van der Waals surface area contributed by atoms with E-state index in [4.69, 9.17) is 15.2 Å². The topological polar surface area (TPSA) is 120 Å². The molecule has 0 bridgehead atoms. The van der Waals surface area contributed by atoms with Crippen molar-refractivity contribution in [3.8, 4) is 5.75 Å². The third kappa shape index (κ3) is 4.49. The highest BCUT2D eigenvalue weighted by Crippen LogP contribution is 2.34. The van der Waals surface area contributed by atoms with Crippen LogP contribution in [0.1, 0.15) is 42.2 Å². The molecule has 5 rings (SSSR count). The molecule has 2 aromatic heterocycles. The number of amides is 1. The van der Waals surface area contributed by atoms with Crippen molar-refractivity contribution in [2.45, 2.75) is 44.4 Å². The van der Waals surface area contributed by atoms with Crippen molar-refractivity contribution in [2.24, 2.45) is 5.73 Å². The van der Waals surface area contributed by atoms with Crippen LogP contribution in [0.5, 0.6) is 5.75 Å². The van der Waals surface area contributed by atoms with Gasteiger partial charge in [-0.1, -0.05) is 12.1 Å². The van der Waals surface area contributed by atoms with Crippen LogP contribution < -0.4 is 15.8 Å². The molecule has 2 atom stereocenters. The number of nitrogens with two attached hydrogens (primary N) is 1. The number of hydrogen-bond donors (Lipinski definition) is 2. The molecule has 0 spiro atoms. The number of ether oxygens (including phenoxy) is 2. The Morgan fingerprint density at radius 3 is 3.09 bits per heavy atom. The highest BCUT2D eigenvalue weighted by atomic mass is 16.6. The number of fused-ring (bicyclic) bond motifs is 2. The molecule has 10 nitrogen and oxygen atoms in total. The minimum absolute atomic E-state index is 0.136. The summed E-state index contributed by atoms with van der Waals surface area (Å²) in [5.41, 5.74) is 8.61. The van der Waals surface area contributed by atoms with Gasteiger partial charge in [0.15, 0.2) is 6.10 Å². The van der Waals surface area contributed by atoms with Crippen LogP contribution in [0.3, 0.4) is 0 Å². The van der Waals surface area contributed by atoms with E-state index in [2.05, 4.69) is 26.4 Å². The zero-order chi connectivity index (χ0) is 22.6. The summed E-state index contributed by atoms with van der Waals surface area (Å²) >= 11 is 0. The lowest BCUT2D eigenvalue weighted by molar-refractivity contribution is 0.0957. The monoisotopic (exact) mass is 451 g/mol. The summed E-state index contributed by atoms with van der Waals surface area (Å²) in [6, 6.07) is 8.16. The molecule has 33 heavy (non-hydrogen) atoms. The molecule has 1 amide bonds. The molecular weight excluding hydrogens is 422 g/mol. The maximum absolute atomic E-state index is 12.6. The fourth-order valence-electron chi connectivity index (χ4n) is 4.58. The zero-order valence-electron chi connectivity index (χ0n) is 18.5. The Morgan fingerprint density at radius 1 is 1.30 bits per heavy atom. The third-order valence-corrected chi connectivity index (χ3v) is 6.28. The average molecular weight is 452 g/mol. The van der Waals surface area contributed by atoms with Crippen molar-refractivity contribution in [1.29, 1.82) is 0 Å². The van der Waals surface area contributed by atoms with Crippen LogP contribution >= 0.6 is 0 Å². The molecule has 0 saturated carbocycles. The van der Waals surface area contributed by atoms with Gasteiger partial charge in [-0.3, -0.25) is 0 Å². The van der Waals surface area contributed by atoms with E-state index in [1.807, 2.05) is 18.2 Å². The molecule has 1 unspecified atom stereocenters. The van der Waals surface area contributed by atoms with Crippen molar-refractivity contribution < 1.29 is 14.3 Å². The minimum atomic E-state index is -0.309. The molecule has 1 saturated heterocycles. The lowest BCUT2D eigenvalue weighted by Gasteiger charge is -2.32. The Morgan fingerprint density at radius 2 is 2.24 bits per heavy atom. The fourth-order valence-corrected chi connectivity index (χ4v) is 4.58. The number of hydrogen-bond acceptors (Lipinski definition) is 8. The number of nitrogens with one attached hydrogen (secondary N) is 1. The van der Waals surface area contributed by atoms with Crippen LogP contribution in [-0.2, 0) is 17.7 Å². The molecule has 2 aliphatic rings. The summed E-state index contributed by atoms with van der Waals surface area (Å²) in [6.45, 7) is 2.86. The lowest BCUT2D eigenvalue weighted by Crippen LogP contribution is -2.37. The summed E-state index contributed by atoms with van der Waals surface area (Å²) in [5.74, 6) is 1.32. The van der Waals surface area contributed by atoms with Gasteiger partial charge in [0.25, 0.3) is 5.78 Å². The summed E-state index contributed by atoms with van der Waals surface area (Å²) in [4.78, 5) is 22.8. The van der Waals surface area contributed by atoms with Gasteiger partial charge < -0.3 is 25.4 Å². The van der Waals surface area contributed by atoms with E-state index in [0.717, 1.165) is 42.8 Å². The van der Waals surface area contributed by atoms with Gasteiger partial charge in [0.2, 0.25) is 0 Å². The quantitative estimate of drug-likeness (QED) is 0.522. The van der Waals surface area contributed by atoms with Crippen molar-refractivity contribution in [1.82, 2.24) is 29.8 Å². The standard InChI is InChI=1S/C23H29N7O3/c24-9-3-13-32-23(31)29-12-8-16-4-1-6-20(17(16)14-29)33-21(18-5-2-10-25-18)19-7-11-26-22-27-15-28-30(19)22/h1,4,6-7,11,15,18,21,25H,2-3,5,8-10,12-14,24H2/t18?,21-/m1/s1. The smallest absolute Gasteiger partial charge is 0.410 e. The molecule has 3 aromatic rings. The van der Waals surface area contributed by atoms with Crippen LogP contribution in [0, 0.1) is 0 Å². The highest BCUT2D eigenvalue weighted by molar-refractivity contribution is 5.68. The number of nitrogens with zero attached hydrogens (tertiary/aromatic N) is 5. The van der Waals surface area contributed by atoms with Crippen molar-refractivity contribution >= 4 is 11.9 Å². The Kier molecular flexibility index (Phi) is 6.36. The average Bonchev–Trinajstić information content (AvgIpc) is 3.54. The van der Waals surface area contributed by atoms with E-state index in [1.165, 1.54) is 11.9 Å². The number of benzene rings is 1. The first-order valence-electron chi connectivity index (χ1n) is 11.5. The third-order valence-electron chi connectivity index (χ3n) is 6.28. The van der Waals surface area contributed by atoms with E-state index >= 15 is 0 Å². The molecule has 3 N–H and O–H groups in total. The van der Waals surface area contributed by atoms with Gasteiger partial charge in [-0.25, -0.2) is 9.78 Å². The van der Waals surface area contributed by atoms with E-state index in [1.54, 1.807) is 15.6 Å². The predicted octanol–water partition coefficient (Wildman–Crippen LogP) is 1.84. The summed E-state index contributed by atoms with van der Waals surface area (Å²) in [6.07, 6.45) is 6.16. The maximum Gasteiger partial charge on any atom is 0.410 e. The highest BCUT2D eigenvalue weighted by Gasteiger charge is 2.32. The summed E-state index contributed by atoms with van der Waals surface area (Å²) in [5, 5.41) is 7.93. The second-order valence-corrected chi connectivity index (χ2v) is 8.40. The van der Waals surface area contributed by atoms with E-state index in [-0.39, 0.29) is 18.2 Å². The van der Waals surface area contributed by atoms with E-state index < -0.39 is 0 Å². The molecular formula is C23H29N7O3. The summed E-state index contributed by atoms with van der Waals surface area (Å²) < 4.78 is 13.8. The van der Waals surface area contributed by atoms with E-state index in [9.17, 15) is 4.79 Å². The second kappa shape index (κ2) is 9.72. The first kappa shape index (κ1) is 21.6. The molecule has 1 aromatic carbocycles. The van der Waals surface area contributed by atoms with E-state index in [0.29, 0.717) is 38.4 Å². The fraction of sp³-hybridized carbons (Fsp3) is 0.478. The van der Waals surface area contributed by atoms with Gasteiger partial charge in [0.1, 0.15) is 12.1 Å². The molecule has 1 fully saturated rings. The number of carbonyl (C=O) groups excluding carboxylic acids is 1. The second-order valence-electron chi connectivity index (χ2n) is 8.40. The van der Waals surface area contributed by atoms with Gasteiger partial charge in [-0.05, 0) is 56.5 Å². The summed E-state index contributed by atoms with van der Waals surface area (Å²) in [7, 11) is 0. The molecule has 2 aliphatic heterocycles. The van der Waals surface area contributed by atoms with Crippen molar-refractivity contribution in [3.63, 3.8) is 0 Å². The molecule has 174 valence electrons. The van der Waals surface area contributed by atoms with Crippen LogP contribution in [0.4, 0.5) is 4.79 Å². The van der Waals surface area contributed by atoms with Gasteiger partial charge >= 0.3 is 6.09 Å². The van der Waals surface area contributed by atoms with Crippen molar-refractivity contribution in [2.75, 3.05) is 26.2 Å². The van der Waals surface area contributed by atoms with Gasteiger partial charge in [0, 0.05) is 24.3 Å². The van der Waals surface area contributed by atoms with Gasteiger partial charge in [-0.2, -0.15) is 14.6 Å². The van der Waals surface area contributed by atoms with Crippen LogP contribution in [0.2, 0.25) is 0 Å². The Balaban J connectivity index is 1.43. The van der Waals surface area contributed by atoms with Crippen LogP contribution in [0.15, 0.2) is 36.8 Å². The minimum Gasteiger partial charge on any atom is -0.482 e. The van der Waals surface area contributed by atoms with Gasteiger partial charge in [0.05, 0.1) is 18.8 Å². The Hall–Kier alpha value is -3.24. The zero-order valence-corrected chi connectivity index (χ0v) is 18.5. The molecule has 0 aliphatic carbocycles. The SMILES string of the molecule is NCCCOC(=O)N1CCc2cccc(O[C@@H](c3ccnc4ncnn34)C3CCCN3)c2C1. The number of rotatable bonds is 7. The first-order valence-corrected chi connectivity index (χ1v) is 11.5. The number of aromatic nitrogens is 4. The van der Waals surface area contributed by atoms with Crippen molar-refractivity contribution in [3.05, 3.63) is 53.6 Å². The lowest BCUT2D eigenvalue weighted by atomic mass is 9.98. The molecule has 10 heteroatoms. The maximum atomic E-state index is 12.6. The first-order chi connectivity index (χ1) is 16.2. The predicted molar refractivity (Wildman–Crippen MR) is 121 cm³/mol. The Bertz CT molecular complexity index is 1110. The molecule has 0 radical (unpaired) electrons. The normalized spacial score (nSPS) is 18.8. The molecule has 4 heterocycles. The van der Waals surface area contributed by atoms with Crippen LogP contribution in [-0.4, -0.2) is 62.9 Å². The van der Waals surface area contributed by atoms with Gasteiger partial charge in [-0.15, -0.1) is 0 Å². The largest absolute Gasteiger partial charge is 0.482 e.